The van der Waals surface area contributed by atoms with Gasteiger partial charge in [0.2, 0.25) is 0 Å². The molecule has 0 amide bonds. The summed E-state index contributed by atoms with van der Waals surface area (Å²) in [6.07, 6.45) is -0.514. The minimum Gasteiger partial charge on any atom is -0.199 e. The number of hydrogen-bond acceptors (Lipinski definition) is 0. The first-order valence-electron chi connectivity index (χ1n) is 3.13. The average molecular weight is 166 g/mol. The molecule has 1 saturated carbocycles. The van der Waals surface area contributed by atoms with Crippen LogP contribution < -0.4 is 0 Å². The zero-order chi connectivity index (χ0) is 8.86. The van der Waals surface area contributed by atoms with E-state index in [2.05, 4.69) is 0 Å². The Bertz CT molecular complexity index is 195. The van der Waals surface area contributed by atoms with Crippen LogP contribution >= 0.6 is 0 Å². The summed E-state index contributed by atoms with van der Waals surface area (Å²) < 4.78 is 49.7. The summed E-state index contributed by atoms with van der Waals surface area (Å²) >= 11 is 0. The lowest BCUT2D eigenvalue weighted by Gasteiger charge is -2.21. The van der Waals surface area contributed by atoms with Crippen molar-refractivity contribution < 1.29 is 17.6 Å². The van der Waals surface area contributed by atoms with Gasteiger partial charge >= 0.3 is 11.8 Å². The Morgan fingerprint density at radius 2 is 1.82 bits per heavy atom. The highest BCUT2D eigenvalue weighted by molar-refractivity contribution is 5.20. The maximum absolute atomic E-state index is 12.5. The van der Waals surface area contributed by atoms with Crippen molar-refractivity contribution >= 4 is 0 Å². The van der Waals surface area contributed by atoms with Crippen LogP contribution in [0.1, 0.15) is 13.3 Å². The molecule has 1 aliphatic carbocycles. The normalized spacial score (nSPS) is 34.3. The summed E-state index contributed by atoms with van der Waals surface area (Å²) in [4.78, 5) is 0. The molecule has 0 aromatic heterocycles. The summed E-state index contributed by atoms with van der Waals surface area (Å²) in [5, 5.41) is 0. The maximum atomic E-state index is 12.5. The van der Waals surface area contributed by atoms with Crippen molar-refractivity contribution in [2.45, 2.75) is 25.2 Å². The number of rotatable bonds is 0. The second-order valence-electron chi connectivity index (χ2n) is 2.78. The van der Waals surface area contributed by atoms with E-state index in [1.165, 1.54) is 0 Å². The van der Waals surface area contributed by atoms with E-state index in [0.29, 0.717) is 0 Å². The van der Waals surface area contributed by atoms with Gasteiger partial charge in [0.05, 0.1) is 0 Å². The monoisotopic (exact) mass is 166 g/mol. The summed E-state index contributed by atoms with van der Waals surface area (Å²) in [6, 6.07) is 0. The topological polar surface area (TPSA) is 0 Å². The summed E-state index contributed by atoms with van der Waals surface area (Å²) in [6.45, 7) is 7.63. The van der Waals surface area contributed by atoms with Gasteiger partial charge in [0.1, 0.15) is 0 Å². The third-order valence-corrected chi connectivity index (χ3v) is 1.93. The molecule has 1 fully saturated rings. The highest BCUT2D eigenvalue weighted by Gasteiger charge is 2.66. The predicted octanol–water partition coefficient (Wildman–Crippen LogP) is 2.53. The van der Waals surface area contributed by atoms with Crippen LogP contribution in [-0.4, -0.2) is 11.8 Å². The number of halogens is 4. The fourth-order valence-electron chi connectivity index (χ4n) is 1.07. The fraction of sp³-hybridized carbons (Fsp3) is 0.714. The molecule has 4 heteroatoms. The lowest BCUT2D eigenvalue weighted by molar-refractivity contribution is -0.187. The Morgan fingerprint density at radius 3 is 1.91 bits per heavy atom. The lowest BCUT2D eigenvalue weighted by Crippen LogP contribution is -2.39. The second kappa shape index (κ2) is 1.99. The van der Waals surface area contributed by atoms with E-state index in [0.717, 1.165) is 6.92 Å². The number of hydrogen-bond donors (Lipinski definition) is 0. The Morgan fingerprint density at radius 1 is 1.36 bits per heavy atom. The predicted molar refractivity (Wildman–Crippen MR) is 30.4 cm³/mol. The Labute approximate surface area is 61.9 Å². The lowest BCUT2D eigenvalue weighted by atomic mass is 10.1. The van der Waals surface area contributed by atoms with E-state index in [1.54, 1.807) is 0 Å². The van der Waals surface area contributed by atoms with Crippen molar-refractivity contribution in [1.82, 2.24) is 0 Å². The molecule has 1 aliphatic rings. The smallest absolute Gasteiger partial charge is 0.199 e. The van der Waals surface area contributed by atoms with Gasteiger partial charge in [0.25, 0.3) is 0 Å². The van der Waals surface area contributed by atoms with Crippen LogP contribution in [0.15, 0.2) is 5.57 Å². The van der Waals surface area contributed by atoms with Crippen LogP contribution in [0, 0.1) is 12.5 Å². The van der Waals surface area contributed by atoms with Gasteiger partial charge < -0.3 is 0 Å². The van der Waals surface area contributed by atoms with Crippen molar-refractivity contribution in [1.29, 1.82) is 0 Å². The molecule has 1 atom stereocenters. The highest BCUT2D eigenvalue weighted by atomic mass is 19.3. The fourth-order valence-corrected chi connectivity index (χ4v) is 1.07. The molecule has 0 aromatic carbocycles. The molecule has 1 rings (SSSR count). The van der Waals surface area contributed by atoms with Gasteiger partial charge in [0.15, 0.2) is 0 Å². The van der Waals surface area contributed by atoms with Gasteiger partial charge in [0, 0.05) is 11.5 Å². The molecule has 1 unspecified atom stereocenters. The van der Waals surface area contributed by atoms with Crippen LogP contribution in [-0.2, 0) is 0 Å². The Hall–Kier alpha value is -0.540. The molecule has 0 aromatic rings. The van der Waals surface area contributed by atoms with Crippen molar-refractivity contribution in [2.75, 3.05) is 0 Å². The van der Waals surface area contributed by atoms with E-state index in [-0.39, 0.29) is 0 Å². The van der Waals surface area contributed by atoms with Crippen molar-refractivity contribution in [3.63, 3.8) is 0 Å². The molecule has 0 heterocycles. The van der Waals surface area contributed by atoms with E-state index < -0.39 is 29.8 Å². The quantitative estimate of drug-likeness (QED) is 0.485. The zero-order valence-corrected chi connectivity index (χ0v) is 5.80. The van der Waals surface area contributed by atoms with Gasteiger partial charge in [-0.05, 0) is 13.0 Å². The molecular weight excluding hydrogens is 160 g/mol. The van der Waals surface area contributed by atoms with Gasteiger partial charge in [-0.25, -0.2) is 0 Å². The second-order valence-corrected chi connectivity index (χ2v) is 2.78. The number of alkyl halides is 4. The highest BCUT2D eigenvalue weighted by Crippen LogP contribution is 2.53. The maximum Gasteiger partial charge on any atom is 0.332 e. The minimum atomic E-state index is -4.23. The van der Waals surface area contributed by atoms with Crippen LogP contribution in [0.2, 0.25) is 0 Å². The largest absolute Gasteiger partial charge is 0.332 e. The summed E-state index contributed by atoms with van der Waals surface area (Å²) in [5.74, 6) is -9.69. The standard InChI is InChI=1S/C7H6F4/c1-4-3-5(2)7(10,11)6(4,8)9/h4H,3H2,1H3. The van der Waals surface area contributed by atoms with Crippen LogP contribution in [0.5, 0.6) is 0 Å². The summed E-state index contributed by atoms with van der Waals surface area (Å²) in [7, 11) is 0. The van der Waals surface area contributed by atoms with E-state index >= 15 is 0 Å². The summed E-state index contributed by atoms with van der Waals surface area (Å²) in [5.41, 5.74) is -1.16. The van der Waals surface area contributed by atoms with Crippen LogP contribution in [0.4, 0.5) is 17.6 Å². The molecule has 0 spiro atoms. The van der Waals surface area contributed by atoms with Gasteiger partial charge in [-0.3, -0.25) is 0 Å². The number of allylic oxidation sites excluding steroid dienone is 1. The molecule has 0 bridgehead atoms. The molecule has 0 N–H and O–H groups in total. The van der Waals surface area contributed by atoms with E-state index in [1.807, 2.05) is 0 Å². The van der Waals surface area contributed by atoms with Crippen LogP contribution in [0.25, 0.3) is 0 Å². The third kappa shape index (κ3) is 0.880. The first-order valence-corrected chi connectivity index (χ1v) is 3.13. The van der Waals surface area contributed by atoms with Crippen LogP contribution in [0.3, 0.4) is 0 Å². The minimum absolute atomic E-state index is 0.514. The van der Waals surface area contributed by atoms with Crippen molar-refractivity contribution in [3.05, 3.63) is 12.2 Å². The molecule has 0 aliphatic heterocycles. The van der Waals surface area contributed by atoms with E-state index in [4.69, 9.17) is 6.58 Å². The Kier molecular flexibility index (Phi) is 1.55. The molecule has 11 heavy (non-hydrogen) atoms. The first-order chi connectivity index (χ1) is 4.80. The zero-order valence-electron chi connectivity index (χ0n) is 5.80. The SMILES string of the molecule is [C]=C1CC(C)C(F)(F)C1(F)F. The van der Waals surface area contributed by atoms with Crippen molar-refractivity contribution in [2.24, 2.45) is 5.92 Å². The van der Waals surface area contributed by atoms with Gasteiger partial charge in [-0.2, -0.15) is 17.6 Å². The molecular formula is C7H6F4. The van der Waals surface area contributed by atoms with Crippen molar-refractivity contribution in [3.8, 4) is 0 Å². The first kappa shape index (κ1) is 8.56. The molecule has 0 saturated heterocycles. The van der Waals surface area contributed by atoms with Gasteiger partial charge in [-0.15, -0.1) is 0 Å². The Balaban J connectivity index is 3.04. The molecule has 2 radical (unpaired) electrons. The molecule has 0 nitrogen and oxygen atoms in total. The average Bonchev–Trinajstić information content (AvgIpc) is 1.95. The van der Waals surface area contributed by atoms with E-state index in [9.17, 15) is 17.6 Å². The van der Waals surface area contributed by atoms with Gasteiger partial charge in [-0.1, -0.05) is 6.92 Å². The third-order valence-electron chi connectivity index (χ3n) is 1.93. The molecule has 62 valence electrons.